The summed E-state index contributed by atoms with van der Waals surface area (Å²) >= 11 is 0. The maximum absolute atomic E-state index is 12.2. The molecule has 2 aliphatic rings. The van der Waals surface area contributed by atoms with E-state index in [1.54, 1.807) is 0 Å². The van der Waals surface area contributed by atoms with Gasteiger partial charge in [-0.3, -0.25) is 4.79 Å². The summed E-state index contributed by atoms with van der Waals surface area (Å²) in [6.07, 6.45) is 9.76. The molecule has 0 radical (unpaired) electrons. The van der Waals surface area contributed by atoms with E-state index in [1.165, 1.54) is 32.1 Å². The molecule has 1 heterocycles. The number of ketones is 1. The van der Waals surface area contributed by atoms with Gasteiger partial charge in [0, 0.05) is 18.4 Å². The first-order chi connectivity index (χ1) is 7.38. The Balaban J connectivity index is 1.85. The van der Waals surface area contributed by atoms with Crippen LogP contribution in [0.3, 0.4) is 0 Å². The quantitative estimate of drug-likeness (QED) is 0.700. The number of carbonyl (C=O) groups excluding carboxylic acids is 1. The first-order valence-electron chi connectivity index (χ1n) is 6.49. The van der Waals surface area contributed by atoms with Crippen LogP contribution in [-0.4, -0.2) is 19.0 Å². The molecule has 0 amide bonds. The first kappa shape index (κ1) is 11.1. The van der Waals surface area contributed by atoms with Crippen LogP contribution in [0.1, 0.15) is 51.4 Å². The lowest BCUT2D eigenvalue weighted by Crippen LogP contribution is -2.24. The van der Waals surface area contributed by atoms with Crippen LogP contribution in [-0.2, 0) is 9.53 Å². The van der Waals surface area contributed by atoms with Crippen LogP contribution in [0.2, 0.25) is 0 Å². The maximum atomic E-state index is 12.2. The second-order valence-electron chi connectivity index (χ2n) is 5.00. The third kappa shape index (κ3) is 3.04. The molecule has 15 heavy (non-hydrogen) atoms. The predicted octanol–water partition coefficient (Wildman–Crippen LogP) is 2.95. The van der Waals surface area contributed by atoms with Crippen LogP contribution in [0, 0.1) is 11.8 Å². The van der Waals surface area contributed by atoms with Crippen molar-refractivity contribution in [2.75, 3.05) is 13.2 Å². The third-order valence-corrected chi connectivity index (χ3v) is 3.84. The first-order valence-corrected chi connectivity index (χ1v) is 6.49. The lowest BCUT2D eigenvalue weighted by Gasteiger charge is -2.20. The molecule has 1 unspecified atom stereocenters. The van der Waals surface area contributed by atoms with Crippen molar-refractivity contribution >= 4 is 5.78 Å². The number of hydrogen-bond donors (Lipinski definition) is 0. The van der Waals surface area contributed by atoms with Crippen LogP contribution in [0.15, 0.2) is 0 Å². The SMILES string of the molecule is O=C(C1CCCCCCC1)C1CCOC1. The summed E-state index contributed by atoms with van der Waals surface area (Å²) in [4.78, 5) is 12.2. The number of ether oxygens (including phenoxy) is 1. The van der Waals surface area contributed by atoms with E-state index in [0.29, 0.717) is 18.3 Å². The fourth-order valence-corrected chi connectivity index (χ4v) is 2.83. The van der Waals surface area contributed by atoms with E-state index in [0.717, 1.165) is 25.9 Å². The Morgan fingerprint density at radius 2 is 1.53 bits per heavy atom. The molecule has 2 rings (SSSR count). The van der Waals surface area contributed by atoms with Gasteiger partial charge in [-0.15, -0.1) is 0 Å². The van der Waals surface area contributed by atoms with Gasteiger partial charge in [0.05, 0.1) is 6.61 Å². The molecule has 1 aliphatic carbocycles. The van der Waals surface area contributed by atoms with Gasteiger partial charge in [0.2, 0.25) is 0 Å². The Kier molecular flexibility index (Phi) is 4.18. The Morgan fingerprint density at radius 1 is 0.867 bits per heavy atom. The van der Waals surface area contributed by atoms with E-state index in [9.17, 15) is 4.79 Å². The minimum absolute atomic E-state index is 0.231. The molecule has 86 valence electrons. The van der Waals surface area contributed by atoms with Crippen LogP contribution in [0.25, 0.3) is 0 Å². The van der Waals surface area contributed by atoms with Gasteiger partial charge in [-0.1, -0.05) is 32.1 Å². The van der Waals surface area contributed by atoms with Crippen molar-refractivity contribution in [1.29, 1.82) is 0 Å². The molecule has 1 aliphatic heterocycles. The summed E-state index contributed by atoms with van der Waals surface area (Å²) in [6, 6.07) is 0. The van der Waals surface area contributed by atoms with Gasteiger partial charge < -0.3 is 4.74 Å². The fraction of sp³-hybridized carbons (Fsp3) is 0.923. The molecule has 0 spiro atoms. The minimum Gasteiger partial charge on any atom is -0.381 e. The second kappa shape index (κ2) is 5.64. The highest BCUT2D eigenvalue weighted by molar-refractivity contribution is 5.83. The highest BCUT2D eigenvalue weighted by Gasteiger charge is 2.29. The smallest absolute Gasteiger partial charge is 0.141 e. The van der Waals surface area contributed by atoms with Gasteiger partial charge in [-0.2, -0.15) is 0 Å². The molecule has 0 bridgehead atoms. The van der Waals surface area contributed by atoms with Crippen molar-refractivity contribution in [3.05, 3.63) is 0 Å². The second-order valence-corrected chi connectivity index (χ2v) is 5.00. The van der Waals surface area contributed by atoms with Gasteiger partial charge >= 0.3 is 0 Å². The Hall–Kier alpha value is -0.370. The highest BCUT2D eigenvalue weighted by Crippen LogP contribution is 2.27. The van der Waals surface area contributed by atoms with Crippen LogP contribution >= 0.6 is 0 Å². The van der Waals surface area contributed by atoms with Crippen molar-refractivity contribution in [3.63, 3.8) is 0 Å². The molecule has 0 aromatic carbocycles. The summed E-state index contributed by atoms with van der Waals surface area (Å²) in [5.74, 6) is 1.10. The molecule has 1 atom stereocenters. The molecule has 2 fully saturated rings. The normalized spacial score (nSPS) is 29.7. The number of carbonyl (C=O) groups is 1. The molecule has 0 aromatic rings. The average Bonchev–Trinajstić information content (AvgIpc) is 2.68. The zero-order valence-corrected chi connectivity index (χ0v) is 9.54. The van der Waals surface area contributed by atoms with Gasteiger partial charge in [0.15, 0.2) is 0 Å². The summed E-state index contributed by atoms with van der Waals surface area (Å²) in [6.45, 7) is 1.48. The van der Waals surface area contributed by atoms with E-state index in [-0.39, 0.29) is 5.92 Å². The Morgan fingerprint density at radius 3 is 2.13 bits per heavy atom. The standard InChI is InChI=1S/C13H22O2/c14-13(12-8-9-15-10-12)11-6-4-2-1-3-5-7-11/h11-12H,1-10H2. The maximum Gasteiger partial charge on any atom is 0.141 e. The van der Waals surface area contributed by atoms with Gasteiger partial charge in [-0.05, 0) is 19.3 Å². The van der Waals surface area contributed by atoms with E-state index in [1.807, 2.05) is 0 Å². The lowest BCUT2D eigenvalue weighted by atomic mass is 9.83. The van der Waals surface area contributed by atoms with Crippen LogP contribution < -0.4 is 0 Å². The fourth-order valence-electron chi connectivity index (χ4n) is 2.83. The Labute approximate surface area is 92.4 Å². The van der Waals surface area contributed by atoms with Crippen LogP contribution in [0.5, 0.6) is 0 Å². The average molecular weight is 210 g/mol. The van der Waals surface area contributed by atoms with Gasteiger partial charge in [0.25, 0.3) is 0 Å². The number of Topliss-reactive ketones (excluding diaryl/α,β-unsaturated/α-hetero) is 1. The van der Waals surface area contributed by atoms with E-state index >= 15 is 0 Å². The van der Waals surface area contributed by atoms with Crippen molar-refractivity contribution in [2.24, 2.45) is 11.8 Å². The largest absolute Gasteiger partial charge is 0.381 e. The predicted molar refractivity (Wildman–Crippen MR) is 59.7 cm³/mol. The third-order valence-electron chi connectivity index (χ3n) is 3.84. The van der Waals surface area contributed by atoms with Crippen molar-refractivity contribution in [2.45, 2.75) is 51.4 Å². The van der Waals surface area contributed by atoms with Gasteiger partial charge in [0.1, 0.15) is 5.78 Å². The van der Waals surface area contributed by atoms with Crippen LogP contribution in [0.4, 0.5) is 0 Å². The van der Waals surface area contributed by atoms with Gasteiger partial charge in [-0.25, -0.2) is 0 Å². The zero-order valence-electron chi connectivity index (χ0n) is 9.54. The summed E-state index contributed by atoms with van der Waals surface area (Å²) < 4.78 is 5.30. The van der Waals surface area contributed by atoms with E-state index in [4.69, 9.17) is 4.74 Å². The number of hydrogen-bond acceptors (Lipinski definition) is 2. The molecule has 2 heteroatoms. The van der Waals surface area contributed by atoms with E-state index in [2.05, 4.69) is 0 Å². The summed E-state index contributed by atoms with van der Waals surface area (Å²) in [5, 5.41) is 0. The Bertz CT molecular complexity index is 199. The van der Waals surface area contributed by atoms with Crippen molar-refractivity contribution in [1.82, 2.24) is 0 Å². The van der Waals surface area contributed by atoms with Crippen molar-refractivity contribution < 1.29 is 9.53 Å². The molecule has 0 N–H and O–H groups in total. The molecule has 1 saturated carbocycles. The molecule has 2 nitrogen and oxygen atoms in total. The van der Waals surface area contributed by atoms with E-state index < -0.39 is 0 Å². The summed E-state index contributed by atoms with van der Waals surface area (Å²) in [5.41, 5.74) is 0. The molecular weight excluding hydrogens is 188 g/mol. The highest BCUT2D eigenvalue weighted by atomic mass is 16.5. The van der Waals surface area contributed by atoms with Crippen molar-refractivity contribution in [3.8, 4) is 0 Å². The molecule has 0 aromatic heterocycles. The number of rotatable bonds is 2. The summed E-state index contributed by atoms with van der Waals surface area (Å²) in [7, 11) is 0. The molecular formula is C13H22O2. The monoisotopic (exact) mass is 210 g/mol. The molecule has 1 saturated heterocycles. The zero-order chi connectivity index (χ0) is 10.5. The lowest BCUT2D eigenvalue weighted by molar-refractivity contribution is -0.127. The topological polar surface area (TPSA) is 26.3 Å². The minimum atomic E-state index is 0.231.